The van der Waals surface area contributed by atoms with Gasteiger partial charge in [0.05, 0.1) is 30.1 Å². The Kier molecular flexibility index (Phi) is 8.28. The zero-order chi connectivity index (χ0) is 28.1. The number of aliphatic hydroxyl groups is 1. The number of benzene rings is 3. The summed E-state index contributed by atoms with van der Waals surface area (Å²) in [6.45, 7) is 0. The van der Waals surface area contributed by atoms with Crippen LogP contribution in [0.25, 0.3) is 28.0 Å². The van der Waals surface area contributed by atoms with Gasteiger partial charge >= 0.3 is 0 Å². The largest absolute Gasteiger partial charge is 0.497 e. The zero-order valence-electron chi connectivity index (χ0n) is 22.2. The van der Waals surface area contributed by atoms with Crippen LogP contribution in [0.5, 0.6) is 5.75 Å². The van der Waals surface area contributed by atoms with E-state index in [9.17, 15) is 14.3 Å². The molecule has 10 heteroatoms. The maximum Gasteiger partial charge on any atom is 0.265 e. The molecule has 0 bridgehead atoms. The summed E-state index contributed by atoms with van der Waals surface area (Å²) in [5, 5.41) is 14.2. The number of hydrogen-bond acceptors (Lipinski definition) is 8. The lowest BCUT2D eigenvalue weighted by Gasteiger charge is -2.14. The van der Waals surface area contributed by atoms with Crippen molar-refractivity contribution in [2.24, 2.45) is 0 Å². The van der Waals surface area contributed by atoms with Crippen molar-refractivity contribution < 1.29 is 23.5 Å². The highest BCUT2D eigenvalue weighted by Crippen LogP contribution is 2.23. The summed E-state index contributed by atoms with van der Waals surface area (Å²) in [5.41, 5.74) is 2.42. The number of hydrogen-bond donors (Lipinski definition) is 1. The van der Waals surface area contributed by atoms with Gasteiger partial charge in [-0.25, -0.2) is 9.37 Å². The molecule has 1 unspecified atom stereocenters. The van der Waals surface area contributed by atoms with E-state index in [1.54, 1.807) is 37.4 Å². The van der Waals surface area contributed by atoms with E-state index in [4.69, 9.17) is 19.0 Å². The van der Waals surface area contributed by atoms with Gasteiger partial charge in [-0.05, 0) is 73.4 Å². The molecule has 206 valence electrons. The van der Waals surface area contributed by atoms with Gasteiger partial charge in [0.25, 0.3) is 5.56 Å². The van der Waals surface area contributed by atoms with Gasteiger partial charge in [-0.1, -0.05) is 23.4 Å². The molecule has 0 aliphatic rings. The van der Waals surface area contributed by atoms with Gasteiger partial charge in [0.1, 0.15) is 17.4 Å². The topological polar surface area (TPSA) is 112 Å². The van der Waals surface area contributed by atoms with E-state index in [0.717, 1.165) is 11.3 Å². The van der Waals surface area contributed by atoms with E-state index < -0.39 is 12.1 Å². The van der Waals surface area contributed by atoms with E-state index in [0.29, 0.717) is 71.8 Å². The highest BCUT2D eigenvalue weighted by atomic mass is 19.1. The number of unbranched alkanes of at least 4 members (excludes halogenated alkanes) is 1. The molecule has 5 aromatic rings. The van der Waals surface area contributed by atoms with Gasteiger partial charge in [0.2, 0.25) is 11.7 Å². The molecule has 0 aliphatic heterocycles. The quantitative estimate of drug-likeness (QED) is 0.186. The third-order valence-electron chi connectivity index (χ3n) is 6.64. The lowest BCUT2D eigenvalue weighted by molar-refractivity contribution is -0.0792. The Labute approximate surface area is 229 Å². The number of halogens is 1. The van der Waals surface area contributed by atoms with E-state index >= 15 is 0 Å². The lowest BCUT2D eigenvalue weighted by atomic mass is 10.1. The predicted molar refractivity (Wildman–Crippen MR) is 147 cm³/mol. The van der Waals surface area contributed by atoms with E-state index in [-0.39, 0.29) is 5.56 Å². The fourth-order valence-corrected chi connectivity index (χ4v) is 4.48. The lowest BCUT2D eigenvalue weighted by Crippen LogP contribution is -2.24. The Balaban J connectivity index is 1.46. The van der Waals surface area contributed by atoms with E-state index in [1.807, 2.05) is 24.3 Å². The molecule has 1 atom stereocenters. The average molecular weight is 545 g/mol. The van der Waals surface area contributed by atoms with Crippen molar-refractivity contribution >= 4 is 10.9 Å². The number of aryl methyl sites for hydroxylation is 1. The minimum Gasteiger partial charge on any atom is -0.497 e. The SMILES string of the molecule is COc1ccc(Cc2nc(-c3ccc4c(=O)n(-c5ccc(F)cc5)c(CCCCC(O)OC)nc4c3)no2)cc1. The number of rotatable bonds is 11. The maximum atomic E-state index is 13.6. The second kappa shape index (κ2) is 12.2. The Morgan fingerprint density at radius 1 is 1.00 bits per heavy atom. The van der Waals surface area contributed by atoms with Crippen molar-refractivity contribution in [2.75, 3.05) is 14.2 Å². The highest BCUT2D eigenvalue weighted by molar-refractivity contribution is 5.82. The van der Waals surface area contributed by atoms with Crippen molar-refractivity contribution in [3.8, 4) is 22.8 Å². The Morgan fingerprint density at radius 2 is 1.77 bits per heavy atom. The minimum absolute atomic E-state index is 0.261. The number of methoxy groups -OCH3 is 2. The first kappa shape index (κ1) is 27.2. The molecule has 0 saturated carbocycles. The molecule has 9 nitrogen and oxygen atoms in total. The normalized spacial score (nSPS) is 12.1. The van der Waals surface area contributed by atoms with Gasteiger partial charge in [0, 0.05) is 19.1 Å². The molecular formula is C30H29FN4O5. The Hall–Kier alpha value is -4.41. The standard InChI is InChI=1S/C30H29FN4O5/c1-38-23-14-7-19(8-15-23)17-27-33-29(34-40-27)20-9-16-24-25(18-20)32-26(5-3-4-6-28(36)39-2)35(30(24)37)22-12-10-21(31)11-13-22/h7-16,18,28,36H,3-6,17H2,1-2H3. The van der Waals surface area contributed by atoms with Gasteiger partial charge in [-0.3, -0.25) is 9.36 Å². The van der Waals surface area contributed by atoms with Crippen LogP contribution in [0.1, 0.15) is 36.5 Å². The fourth-order valence-electron chi connectivity index (χ4n) is 4.48. The van der Waals surface area contributed by atoms with Gasteiger partial charge in [-0.15, -0.1) is 0 Å². The summed E-state index contributed by atoms with van der Waals surface area (Å²) in [4.78, 5) is 23.0. The summed E-state index contributed by atoms with van der Waals surface area (Å²) in [5.74, 6) is 1.76. The molecule has 0 spiro atoms. The predicted octanol–water partition coefficient (Wildman–Crippen LogP) is 4.85. The fraction of sp³-hybridized carbons (Fsp3) is 0.267. The minimum atomic E-state index is -0.837. The van der Waals surface area contributed by atoms with Crippen LogP contribution >= 0.6 is 0 Å². The Morgan fingerprint density at radius 3 is 2.50 bits per heavy atom. The third kappa shape index (κ3) is 6.08. The van der Waals surface area contributed by atoms with Crippen LogP contribution in [-0.2, 0) is 17.6 Å². The molecule has 0 saturated heterocycles. The van der Waals surface area contributed by atoms with Crippen LogP contribution in [0.4, 0.5) is 4.39 Å². The Bertz CT molecular complexity index is 1650. The maximum absolute atomic E-state index is 13.6. The van der Waals surface area contributed by atoms with Crippen molar-refractivity contribution in [3.63, 3.8) is 0 Å². The molecule has 5 rings (SSSR count). The van der Waals surface area contributed by atoms with Crippen LogP contribution in [0.15, 0.2) is 76.0 Å². The summed E-state index contributed by atoms with van der Waals surface area (Å²) in [6.07, 6.45) is 1.90. The van der Waals surface area contributed by atoms with Gasteiger partial charge in [0.15, 0.2) is 6.29 Å². The van der Waals surface area contributed by atoms with Crippen molar-refractivity contribution in [2.45, 2.75) is 38.4 Å². The molecule has 2 aromatic heterocycles. The first-order valence-corrected chi connectivity index (χ1v) is 12.9. The van der Waals surface area contributed by atoms with Crippen LogP contribution in [0.2, 0.25) is 0 Å². The molecule has 0 fully saturated rings. The molecule has 1 N–H and O–H groups in total. The number of fused-ring (bicyclic) bond motifs is 1. The van der Waals surface area contributed by atoms with Crippen LogP contribution in [0.3, 0.4) is 0 Å². The summed E-state index contributed by atoms with van der Waals surface area (Å²) in [7, 11) is 3.07. The van der Waals surface area contributed by atoms with Gasteiger partial charge in [-0.2, -0.15) is 4.98 Å². The van der Waals surface area contributed by atoms with E-state index in [2.05, 4.69) is 10.1 Å². The second-order valence-corrected chi connectivity index (χ2v) is 9.35. The van der Waals surface area contributed by atoms with Crippen molar-refractivity contribution in [1.82, 2.24) is 19.7 Å². The van der Waals surface area contributed by atoms with Crippen molar-refractivity contribution in [3.05, 3.63) is 100 Å². The number of aromatic nitrogens is 4. The van der Waals surface area contributed by atoms with Crippen LogP contribution in [0, 0.1) is 5.82 Å². The summed E-state index contributed by atoms with van der Waals surface area (Å²) >= 11 is 0. The first-order valence-electron chi connectivity index (χ1n) is 12.9. The van der Waals surface area contributed by atoms with Crippen molar-refractivity contribution in [1.29, 1.82) is 0 Å². The summed E-state index contributed by atoms with van der Waals surface area (Å²) in [6, 6.07) is 18.6. The molecule has 0 radical (unpaired) electrons. The molecule has 0 amide bonds. The molecule has 0 aliphatic carbocycles. The second-order valence-electron chi connectivity index (χ2n) is 9.35. The number of nitrogens with zero attached hydrogens (tertiary/aromatic N) is 4. The van der Waals surface area contributed by atoms with Crippen LogP contribution < -0.4 is 10.3 Å². The smallest absolute Gasteiger partial charge is 0.265 e. The molecule has 2 heterocycles. The molecule has 3 aromatic carbocycles. The number of aliphatic hydroxyl groups excluding tert-OH is 1. The molecule has 40 heavy (non-hydrogen) atoms. The van der Waals surface area contributed by atoms with Crippen LogP contribution in [-0.4, -0.2) is 45.3 Å². The first-order chi connectivity index (χ1) is 19.4. The van der Waals surface area contributed by atoms with Gasteiger partial charge < -0.3 is 19.1 Å². The summed E-state index contributed by atoms with van der Waals surface area (Å²) < 4.78 is 30.7. The monoisotopic (exact) mass is 544 g/mol. The zero-order valence-corrected chi connectivity index (χ0v) is 22.2. The third-order valence-corrected chi connectivity index (χ3v) is 6.64. The number of ether oxygens (including phenoxy) is 2. The van der Waals surface area contributed by atoms with E-state index in [1.165, 1.54) is 23.8 Å². The average Bonchev–Trinajstić information content (AvgIpc) is 3.44. The highest BCUT2D eigenvalue weighted by Gasteiger charge is 2.16. The molecular weight excluding hydrogens is 515 g/mol.